The molecule has 0 saturated carbocycles. The molecule has 0 atom stereocenters. The second-order valence-electron chi connectivity index (χ2n) is 5.84. The third kappa shape index (κ3) is 2.70. The van der Waals surface area contributed by atoms with Crippen LogP contribution in [0, 0.1) is 17.0 Å². The van der Waals surface area contributed by atoms with Gasteiger partial charge in [-0.15, -0.1) is 0 Å². The minimum Gasteiger partial charge on any atom is -0.258 e. The summed E-state index contributed by atoms with van der Waals surface area (Å²) in [6.07, 6.45) is 1.71. The highest BCUT2D eigenvalue weighted by Gasteiger charge is 2.16. The van der Waals surface area contributed by atoms with E-state index in [9.17, 15) is 10.1 Å². The van der Waals surface area contributed by atoms with E-state index in [4.69, 9.17) is 11.6 Å². The summed E-state index contributed by atoms with van der Waals surface area (Å²) < 4.78 is 1.76. The van der Waals surface area contributed by atoms with Crippen LogP contribution in [0.1, 0.15) is 5.69 Å². The van der Waals surface area contributed by atoms with Gasteiger partial charge in [-0.1, -0.05) is 23.7 Å². The smallest absolute Gasteiger partial charge is 0.258 e. The van der Waals surface area contributed by atoms with Gasteiger partial charge < -0.3 is 0 Å². The number of halogens is 1. The minimum absolute atomic E-state index is 0.0533. The Hall–Kier alpha value is -3.25. The fraction of sp³-hybridized carbons (Fsp3) is 0.0526. The number of nitrogens with zero attached hydrogens (tertiary/aromatic N) is 4. The van der Waals surface area contributed by atoms with Crippen molar-refractivity contribution < 1.29 is 4.92 Å². The highest BCUT2D eigenvalue weighted by molar-refractivity contribution is 6.30. The summed E-state index contributed by atoms with van der Waals surface area (Å²) >= 11 is 5.99. The Bertz CT molecular complexity index is 1120. The van der Waals surface area contributed by atoms with Crippen molar-refractivity contribution >= 4 is 22.9 Å². The first-order chi connectivity index (χ1) is 12.5. The monoisotopic (exact) mass is 364 g/mol. The molecule has 26 heavy (non-hydrogen) atoms. The van der Waals surface area contributed by atoms with E-state index < -0.39 is 4.92 Å². The topological polar surface area (TPSA) is 73.3 Å². The van der Waals surface area contributed by atoms with Gasteiger partial charge in [0.2, 0.25) is 0 Å². The molecule has 0 saturated heterocycles. The predicted octanol–water partition coefficient (Wildman–Crippen LogP) is 4.93. The number of aromatic nitrogens is 3. The van der Waals surface area contributed by atoms with Crippen LogP contribution in [0.2, 0.25) is 5.02 Å². The van der Waals surface area contributed by atoms with Gasteiger partial charge in [0, 0.05) is 34.5 Å². The Balaban J connectivity index is 1.89. The van der Waals surface area contributed by atoms with Crippen LogP contribution in [-0.4, -0.2) is 19.5 Å². The van der Waals surface area contributed by atoms with Crippen LogP contribution in [0.3, 0.4) is 0 Å². The number of hydrogen-bond donors (Lipinski definition) is 0. The summed E-state index contributed by atoms with van der Waals surface area (Å²) in [5.74, 6) is 0. The number of non-ortho nitro benzene ring substituents is 1. The van der Waals surface area contributed by atoms with Crippen LogP contribution in [-0.2, 0) is 0 Å². The van der Waals surface area contributed by atoms with Crippen LogP contribution < -0.4 is 0 Å². The van der Waals surface area contributed by atoms with Crippen LogP contribution in [0.15, 0.2) is 60.8 Å². The van der Waals surface area contributed by atoms with Crippen molar-refractivity contribution in [2.45, 2.75) is 6.92 Å². The van der Waals surface area contributed by atoms with Gasteiger partial charge in [-0.2, -0.15) is 5.10 Å². The lowest BCUT2D eigenvalue weighted by atomic mass is 10.1. The Morgan fingerprint density at radius 1 is 1.00 bits per heavy atom. The van der Waals surface area contributed by atoms with Gasteiger partial charge in [-0.25, -0.2) is 9.50 Å². The summed E-state index contributed by atoms with van der Waals surface area (Å²) in [6.45, 7) is 1.93. The molecule has 4 rings (SSSR count). The number of rotatable bonds is 3. The van der Waals surface area contributed by atoms with Crippen molar-refractivity contribution in [3.8, 4) is 22.4 Å². The summed E-state index contributed by atoms with van der Waals surface area (Å²) in [4.78, 5) is 14.9. The average Bonchev–Trinajstić information content (AvgIpc) is 2.98. The number of hydrogen-bond acceptors (Lipinski definition) is 4. The van der Waals surface area contributed by atoms with Crippen LogP contribution >= 0.6 is 11.6 Å². The van der Waals surface area contributed by atoms with Gasteiger partial charge in [0.1, 0.15) is 0 Å². The largest absolute Gasteiger partial charge is 0.269 e. The van der Waals surface area contributed by atoms with E-state index in [2.05, 4.69) is 10.1 Å². The molecule has 2 heterocycles. The quantitative estimate of drug-likeness (QED) is 0.381. The lowest BCUT2D eigenvalue weighted by molar-refractivity contribution is -0.384. The number of nitro groups is 1. The molecular formula is C19H13ClN4O2. The van der Waals surface area contributed by atoms with Gasteiger partial charge in [0.15, 0.2) is 5.65 Å². The number of fused-ring (bicyclic) bond motifs is 1. The molecule has 0 aliphatic carbocycles. The first kappa shape index (κ1) is 16.2. The number of nitro benzene ring substituents is 1. The van der Waals surface area contributed by atoms with Crippen molar-refractivity contribution in [1.29, 1.82) is 0 Å². The predicted molar refractivity (Wildman–Crippen MR) is 100 cm³/mol. The van der Waals surface area contributed by atoms with Gasteiger partial charge in [-0.05, 0) is 42.8 Å². The molecule has 0 N–H and O–H groups in total. The fourth-order valence-electron chi connectivity index (χ4n) is 2.98. The SMILES string of the molecule is Cc1nn2c(-c3ccc([N+](=O)[O-])cc3)ccnc2c1-c1ccc(Cl)cc1. The Morgan fingerprint density at radius 3 is 2.31 bits per heavy atom. The lowest BCUT2D eigenvalue weighted by Crippen LogP contribution is -1.96. The zero-order valence-corrected chi connectivity index (χ0v) is 14.5. The molecular weight excluding hydrogens is 352 g/mol. The second-order valence-corrected chi connectivity index (χ2v) is 6.27. The molecule has 0 amide bonds. The van der Waals surface area contributed by atoms with E-state index in [1.165, 1.54) is 12.1 Å². The zero-order chi connectivity index (χ0) is 18.3. The molecule has 6 nitrogen and oxygen atoms in total. The van der Waals surface area contributed by atoms with E-state index in [0.29, 0.717) is 5.02 Å². The maximum Gasteiger partial charge on any atom is 0.269 e. The maximum atomic E-state index is 10.9. The summed E-state index contributed by atoms with van der Waals surface area (Å²) in [5.41, 5.74) is 5.18. The molecule has 2 aromatic heterocycles. The molecule has 0 radical (unpaired) electrons. The normalized spacial score (nSPS) is 11.0. The Morgan fingerprint density at radius 2 is 1.65 bits per heavy atom. The summed E-state index contributed by atoms with van der Waals surface area (Å²) in [6, 6.07) is 15.8. The van der Waals surface area contributed by atoms with Gasteiger partial charge in [0.25, 0.3) is 5.69 Å². The van der Waals surface area contributed by atoms with Crippen molar-refractivity contribution in [2.75, 3.05) is 0 Å². The fourth-order valence-corrected chi connectivity index (χ4v) is 3.10. The highest BCUT2D eigenvalue weighted by atomic mass is 35.5. The standard InChI is InChI=1S/C19H13ClN4O2/c1-12-18(14-2-6-15(20)7-3-14)19-21-11-10-17(23(19)22-12)13-4-8-16(9-5-13)24(25)26/h2-11H,1H3. The lowest BCUT2D eigenvalue weighted by Gasteiger charge is -2.05. The molecule has 0 bridgehead atoms. The molecule has 7 heteroatoms. The van der Waals surface area contributed by atoms with E-state index in [1.54, 1.807) is 22.8 Å². The summed E-state index contributed by atoms with van der Waals surface area (Å²) in [7, 11) is 0. The van der Waals surface area contributed by atoms with Crippen molar-refractivity contribution in [1.82, 2.24) is 14.6 Å². The van der Waals surface area contributed by atoms with Crippen molar-refractivity contribution in [3.63, 3.8) is 0 Å². The molecule has 0 spiro atoms. The maximum absolute atomic E-state index is 10.9. The Labute approximate surface area is 153 Å². The van der Waals surface area contributed by atoms with Gasteiger partial charge >= 0.3 is 0 Å². The Kier molecular flexibility index (Phi) is 3.89. The second kappa shape index (κ2) is 6.24. The third-order valence-corrected chi connectivity index (χ3v) is 4.45. The third-order valence-electron chi connectivity index (χ3n) is 4.20. The highest BCUT2D eigenvalue weighted by Crippen LogP contribution is 2.31. The average molecular weight is 365 g/mol. The first-order valence-corrected chi connectivity index (χ1v) is 8.27. The van der Waals surface area contributed by atoms with E-state index in [1.807, 2.05) is 37.3 Å². The molecule has 0 fully saturated rings. The van der Waals surface area contributed by atoms with Gasteiger partial charge in [-0.3, -0.25) is 10.1 Å². The van der Waals surface area contributed by atoms with E-state index >= 15 is 0 Å². The number of aryl methyl sites for hydroxylation is 1. The molecule has 2 aromatic carbocycles. The van der Waals surface area contributed by atoms with Crippen molar-refractivity contribution in [3.05, 3.63) is 81.6 Å². The first-order valence-electron chi connectivity index (χ1n) is 7.90. The van der Waals surface area contributed by atoms with Gasteiger partial charge in [0.05, 0.1) is 16.3 Å². The molecule has 128 valence electrons. The van der Waals surface area contributed by atoms with E-state index in [-0.39, 0.29) is 5.69 Å². The molecule has 4 aromatic rings. The van der Waals surface area contributed by atoms with Crippen molar-refractivity contribution in [2.24, 2.45) is 0 Å². The zero-order valence-electron chi connectivity index (χ0n) is 13.8. The minimum atomic E-state index is -0.414. The molecule has 0 aliphatic rings. The number of benzene rings is 2. The van der Waals surface area contributed by atoms with Crippen LogP contribution in [0.4, 0.5) is 5.69 Å². The van der Waals surface area contributed by atoms with Crippen LogP contribution in [0.25, 0.3) is 28.0 Å². The summed E-state index contributed by atoms with van der Waals surface area (Å²) in [5, 5.41) is 16.2. The molecule has 0 aliphatic heterocycles. The van der Waals surface area contributed by atoms with Crippen LogP contribution in [0.5, 0.6) is 0 Å². The van der Waals surface area contributed by atoms with E-state index in [0.717, 1.165) is 33.7 Å². The molecule has 0 unspecified atom stereocenters.